The summed E-state index contributed by atoms with van der Waals surface area (Å²) >= 11 is 0. The van der Waals surface area contributed by atoms with Crippen molar-refractivity contribution in [2.45, 2.75) is 4.90 Å². The van der Waals surface area contributed by atoms with E-state index in [0.29, 0.717) is 11.1 Å². The van der Waals surface area contributed by atoms with Gasteiger partial charge in [-0.1, -0.05) is 12.1 Å². The molecule has 0 fully saturated rings. The highest BCUT2D eigenvalue weighted by atomic mass is 32.2. The van der Waals surface area contributed by atoms with Gasteiger partial charge in [-0.3, -0.25) is 28.8 Å². The molecule has 0 atom stereocenters. The minimum absolute atomic E-state index is 0.00908. The van der Waals surface area contributed by atoms with E-state index < -0.39 is 32.4 Å². The summed E-state index contributed by atoms with van der Waals surface area (Å²) in [7, 11) is -4.61. The van der Waals surface area contributed by atoms with Crippen LogP contribution in [0.3, 0.4) is 0 Å². The van der Waals surface area contributed by atoms with E-state index in [1.807, 2.05) is 0 Å². The van der Waals surface area contributed by atoms with E-state index in [-0.39, 0.29) is 34.1 Å². The van der Waals surface area contributed by atoms with Crippen LogP contribution in [0.2, 0.25) is 0 Å². The van der Waals surface area contributed by atoms with E-state index in [4.69, 9.17) is 10.2 Å². The number of hydrogen-bond donors (Lipinski definition) is 3. The van der Waals surface area contributed by atoms with Gasteiger partial charge in [0.15, 0.2) is 5.58 Å². The predicted molar refractivity (Wildman–Crippen MR) is 111 cm³/mol. The summed E-state index contributed by atoms with van der Waals surface area (Å²) in [6, 6.07) is 11.0. The Morgan fingerprint density at radius 2 is 1.75 bits per heavy atom. The van der Waals surface area contributed by atoms with Crippen molar-refractivity contribution >= 4 is 38.9 Å². The molecule has 1 aliphatic heterocycles. The molecule has 0 unspecified atom stereocenters. The second kappa shape index (κ2) is 6.60. The Bertz CT molecular complexity index is 1620. The summed E-state index contributed by atoms with van der Waals surface area (Å²) in [6.07, 6.45) is 0. The zero-order valence-electron chi connectivity index (χ0n) is 15.9. The molecule has 1 aliphatic rings. The Kier molecular flexibility index (Phi) is 4.06. The van der Waals surface area contributed by atoms with Crippen LogP contribution >= 0.6 is 0 Å². The first-order valence-corrected chi connectivity index (χ1v) is 10.5. The highest BCUT2D eigenvalue weighted by Gasteiger charge is 2.32. The second-order valence-electron chi connectivity index (χ2n) is 6.92. The van der Waals surface area contributed by atoms with Gasteiger partial charge in [0, 0.05) is 6.07 Å². The summed E-state index contributed by atoms with van der Waals surface area (Å²) in [5.74, 6) is -1.90. The fourth-order valence-corrected chi connectivity index (χ4v) is 4.06. The molecule has 2 aromatic heterocycles. The van der Waals surface area contributed by atoms with E-state index in [2.05, 4.69) is 10.3 Å². The number of hydrogen-bond acceptors (Lipinski definition) is 8. The van der Waals surface area contributed by atoms with Gasteiger partial charge in [-0.05, 0) is 30.3 Å². The van der Waals surface area contributed by atoms with Crippen molar-refractivity contribution in [2.24, 2.45) is 0 Å². The maximum absolute atomic E-state index is 12.9. The SMILES string of the molecule is Nc1c2c(cc(=O)n1-c1ccc(S(=O)(=O)O)cc1-c1nc3ccccc3o1)C(=O)NC2=O. The Hall–Kier alpha value is -4.29. The highest BCUT2D eigenvalue weighted by Crippen LogP contribution is 2.33. The van der Waals surface area contributed by atoms with Crippen molar-refractivity contribution in [3.63, 3.8) is 0 Å². The lowest BCUT2D eigenvalue weighted by atomic mass is 10.1. The van der Waals surface area contributed by atoms with Gasteiger partial charge in [0.2, 0.25) is 5.89 Å². The number of imide groups is 1. The Morgan fingerprint density at radius 3 is 2.47 bits per heavy atom. The molecule has 0 radical (unpaired) electrons. The quantitative estimate of drug-likeness (QED) is 0.306. The molecule has 0 aliphatic carbocycles. The van der Waals surface area contributed by atoms with E-state index in [1.165, 1.54) is 6.07 Å². The number of carbonyl (C=O) groups is 2. The number of aromatic nitrogens is 2. The fourth-order valence-electron chi connectivity index (χ4n) is 3.56. The number of fused-ring (bicyclic) bond motifs is 2. The number of anilines is 1. The molecule has 32 heavy (non-hydrogen) atoms. The van der Waals surface area contributed by atoms with Gasteiger partial charge in [0.1, 0.15) is 11.3 Å². The third-order valence-corrected chi connectivity index (χ3v) is 5.83. The van der Waals surface area contributed by atoms with Crippen LogP contribution in [0.25, 0.3) is 28.2 Å². The lowest BCUT2D eigenvalue weighted by Gasteiger charge is -2.15. The minimum Gasteiger partial charge on any atom is -0.436 e. The van der Waals surface area contributed by atoms with Gasteiger partial charge in [0.05, 0.1) is 27.3 Å². The first-order chi connectivity index (χ1) is 15.1. The van der Waals surface area contributed by atoms with Crippen molar-refractivity contribution in [2.75, 3.05) is 5.73 Å². The first-order valence-electron chi connectivity index (χ1n) is 9.04. The summed E-state index contributed by atoms with van der Waals surface area (Å²) in [4.78, 5) is 40.8. The third-order valence-electron chi connectivity index (χ3n) is 4.98. The number of nitrogen functional groups attached to an aromatic ring is 1. The number of para-hydroxylation sites is 2. The Morgan fingerprint density at radius 1 is 1.00 bits per heavy atom. The molecule has 4 N–H and O–H groups in total. The minimum atomic E-state index is -4.61. The summed E-state index contributed by atoms with van der Waals surface area (Å²) < 4.78 is 39.6. The molecule has 0 bridgehead atoms. The molecule has 4 aromatic rings. The number of amides is 2. The van der Waals surface area contributed by atoms with Gasteiger partial charge in [-0.2, -0.15) is 8.42 Å². The van der Waals surface area contributed by atoms with Crippen LogP contribution in [0.4, 0.5) is 5.82 Å². The maximum atomic E-state index is 12.9. The van der Waals surface area contributed by atoms with Crippen LogP contribution in [0.5, 0.6) is 0 Å². The molecule has 0 spiro atoms. The topological polar surface area (TPSA) is 175 Å². The van der Waals surface area contributed by atoms with Crippen LogP contribution < -0.4 is 16.6 Å². The highest BCUT2D eigenvalue weighted by molar-refractivity contribution is 7.85. The number of nitrogens with one attached hydrogen (secondary N) is 1. The summed E-state index contributed by atoms with van der Waals surface area (Å²) in [6.45, 7) is 0. The molecule has 12 heteroatoms. The average Bonchev–Trinajstić information content (AvgIpc) is 3.28. The molecule has 2 aromatic carbocycles. The molecular weight excluding hydrogens is 440 g/mol. The number of nitrogens with zero attached hydrogens (tertiary/aromatic N) is 2. The van der Waals surface area contributed by atoms with Gasteiger partial charge >= 0.3 is 0 Å². The zero-order valence-corrected chi connectivity index (χ0v) is 16.7. The number of carbonyl (C=O) groups excluding carboxylic acids is 2. The standard InChI is InChI=1S/C20H12N4O7S/c21-17-16-11(18(26)23-19(16)27)8-15(25)24(17)13-6-5-9(32(28,29)30)7-10(13)20-22-12-3-1-2-4-14(12)31-20/h1-8H,21H2,(H,23,26,27)(H,28,29,30). The number of benzene rings is 2. The Labute approximate surface area is 178 Å². The second-order valence-corrected chi connectivity index (χ2v) is 8.34. The van der Waals surface area contributed by atoms with Crippen molar-refractivity contribution < 1.29 is 27.0 Å². The van der Waals surface area contributed by atoms with Crippen LogP contribution in [0, 0.1) is 0 Å². The van der Waals surface area contributed by atoms with E-state index >= 15 is 0 Å². The smallest absolute Gasteiger partial charge is 0.294 e. The lowest BCUT2D eigenvalue weighted by molar-refractivity contribution is 0.0880. The maximum Gasteiger partial charge on any atom is 0.294 e. The van der Waals surface area contributed by atoms with Crippen LogP contribution in [-0.2, 0) is 10.1 Å². The lowest BCUT2D eigenvalue weighted by Crippen LogP contribution is -2.24. The van der Waals surface area contributed by atoms with Crippen LogP contribution in [0.1, 0.15) is 20.7 Å². The monoisotopic (exact) mass is 452 g/mol. The molecule has 0 saturated heterocycles. The van der Waals surface area contributed by atoms with Crippen molar-refractivity contribution in [3.05, 3.63) is 70.0 Å². The van der Waals surface area contributed by atoms with Crippen molar-refractivity contribution in [1.29, 1.82) is 0 Å². The third kappa shape index (κ3) is 2.89. The molecule has 5 rings (SSSR count). The van der Waals surface area contributed by atoms with E-state index in [0.717, 1.165) is 22.8 Å². The fraction of sp³-hybridized carbons (Fsp3) is 0. The molecule has 0 saturated carbocycles. The number of rotatable bonds is 3. The molecule has 2 amide bonds. The molecular formula is C20H12N4O7S. The van der Waals surface area contributed by atoms with Gasteiger partial charge in [0.25, 0.3) is 27.5 Å². The first kappa shape index (κ1) is 19.7. The largest absolute Gasteiger partial charge is 0.436 e. The van der Waals surface area contributed by atoms with E-state index in [1.54, 1.807) is 24.3 Å². The Balaban J connectivity index is 1.85. The van der Waals surface area contributed by atoms with Crippen LogP contribution in [0.15, 0.2) is 62.6 Å². The van der Waals surface area contributed by atoms with Crippen molar-refractivity contribution in [3.8, 4) is 17.1 Å². The van der Waals surface area contributed by atoms with E-state index in [9.17, 15) is 27.4 Å². The van der Waals surface area contributed by atoms with Gasteiger partial charge < -0.3 is 10.2 Å². The van der Waals surface area contributed by atoms with Gasteiger partial charge in [-0.25, -0.2) is 4.98 Å². The zero-order chi connectivity index (χ0) is 22.8. The number of pyridine rings is 1. The molecule has 3 heterocycles. The number of nitrogens with two attached hydrogens (primary N) is 1. The summed E-state index contributed by atoms with van der Waals surface area (Å²) in [5.41, 5.74) is 5.90. The summed E-state index contributed by atoms with van der Waals surface area (Å²) in [5, 5.41) is 2.07. The van der Waals surface area contributed by atoms with Gasteiger partial charge in [-0.15, -0.1) is 0 Å². The number of oxazole rings is 1. The van der Waals surface area contributed by atoms with Crippen molar-refractivity contribution in [1.82, 2.24) is 14.9 Å². The molecule has 160 valence electrons. The normalized spacial score (nSPS) is 13.4. The van der Waals surface area contributed by atoms with Crippen LogP contribution in [-0.4, -0.2) is 34.3 Å². The average molecular weight is 452 g/mol. The molecule has 11 nitrogen and oxygen atoms in total. The predicted octanol–water partition coefficient (Wildman–Crippen LogP) is 1.36.